The Labute approximate surface area is 122 Å². The third-order valence-electron chi connectivity index (χ3n) is 3.10. The number of rotatable bonds is 9. The highest BCUT2D eigenvalue weighted by molar-refractivity contribution is 5.43. The number of hydrogen-bond donors (Lipinski definition) is 2. The minimum atomic E-state index is -0.559. The molecule has 0 aliphatic carbocycles. The van der Waals surface area contributed by atoms with Crippen molar-refractivity contribution >= 4 is 0 Å². The summed E-state index contributed by atoms with van der Waals surface area (Å²) >= 11 is 0. The minimum Gasteiger partial charge on any atom is -0.490 e. The van der Waals surface area contributed by atoms with Gasteiger partial charge in [0.1, 0.15) is 0 Å². The SMILES string of the molecule is CCCNC(C)C(O)c1ccc(OCC)c(OCC)c1. The topological polar surface area (TPSA) is 50.7 Å². The van der Waals surface area contributed by atoms with E-state index in [9.17, 15) is 5.11 Å². The molecule has 0 radical (unpaired) electrons. The van der Waals surface area contributed by atoms with E-state index in [-0.39, 0.29) is 6.04 Å². The van der Waals surface area contributed by atoms with Crippen LogP contribution in [0.3, 0.4) is 0 Å². The van der Waals surface area contributed by atoms with Crippen LogP contribution in [-0.2, 0) is 0 Å². The molecule has 0 amide bonds. The monoisotopic (exact) mass is 281 g/mol. The maximum absolute atomic E-state index is 10.4. The molecule has 4 nitrogen and oxygen atoms in total. The molecule has 0 spiro atoms. The number of benzene rings is 1. The van der Waals surface area contributed by atoms with Gasteiger partial charge >= 0.3 is 0 Å². The van der Waals surface area contributed by atoms with Crippen molar-refractivity contribution in [3.63, 3.8) is 0 Å². The first-order valence-electron chi connectivity index (χ1n) is 7.44. The summed E-state index contributed by atoms with van der Waals surface area (Å²) in [5.41, 5.74) is 0.841. The fraction of sp³-hybridized carbons (Fsp3) is 0.625. The molecule has 0 bridgehead atoms. The van der Waals surface area contributed by atoms with Crippen LogP contribution in [0, 0.1) is 0 Å². The third kappa shape index (κ3) is 4.69. The molecule has 0 fully saturated rings. The lowest BCUT2D eigenvalue weighted by molar-refractivity contribution is 0.135. The molecule has 0 aliphatic rings. The molecule has 2 N–H and O–H groups in total. The van der Waals surface area contributed by atoms with E-state index in [0.29, 0.717) is 19.0 Å². The maximum Gasteiger partial charge on any atom is 0.161 e. The molecule has 1 aromatic carbocycles. The van der Waals surface area contributed by atoms with Crippen molar-refractivity contribution in [3.8, 4) is 11.5 Å². The van der Waals surface area contributed by atoms with Crippen LogP contribution in [0.5, 0.6) is 11.5 Å². The van der Waals surface area contributed by atoms with Gasteiger partial charge < -0.3 is 19.9 Å². The molecular formula is C16H27NO3. The second-order valence-electron chi connectivity index (χ2n) is 4.76. The fourth-order valence-corrected chi connectivity index (χ4v) is 2.02. The largest absolute Gasteiger partial charge is 0.490 e. The van der Waals surface area contributed by atoms with Crippen molar-refractivity contribution in [1.82, 2.24) is 5.32 Å². The lowest BCUT2D eigenvalue weighted by Crippen LogP contribution is -2.32. The van der Waals surface area contributed by atoms with Crippen LogP contribution < -0.4 is 14.8 Å². The number of aliphatic hydroxyl groups excluding tert-OH is 1. The lowest BCUT2D eigenvalue weighted by Gasteiger charge is -2.21. The Morgan fingerprint density at radius 1 is 1.10 bits per heavy atom. The van der Waals surface area contributed by atoms with Crippen molar-refractivity contribution in [2.24, 2.45) is 0 Å². The standard InChI is InChI=1S/C16H27NO3/c1-5-10-17-12(4)16(18)13-8-9-14(19-6-2)15(11-13)20-7-3/h8-9,11-12,16-18H,5-7,10H2,1-4H3. The predicted octanol–water partition coefficient (Wildman–Crippen LogP) is 2.91. The van der Waals surface area contributed by atoms with Gasteiger partial charge in [-0.1, -0.05) is 13.0 Å². The van der Waals surface area contributed by atoms with E-state index in [0.717, 1.165) is 24.3 Å². The van der Waals surface area contributed by atoms with Crippen LogP contribution >= 0.6 is 0 Å². The van der Waals surface area contributed by atoms with Gasteiger partial charge in [-0.25, -0.2) is 0 Å². The van der Waals surface area contributed by atoms with Crippen LogP contribution in [0.4, 0.5) is 0 Å². The van der Waals surface area contributed by atoms with E-state index >= 15 is 0 Å². The molecule has 0 saturated heterocycles. The summed E-state index contributed by atoms with van der Waals surface area (Å²) in [5.74, 6) is 1.41. The lowest BCUT2D eigenvalue weighted by atomic mass is 10.0. The highest BCUT2D eigenvalue weighted by Gasteiger charge is 2.17. The Morgan fingerprint density at radius 3 is 2.35 bits per heavy atom. The van der Waals surface area contributed by atoms with Gasteiger partial charge in [0.15, 0.2) is 11.5 Å². The van der Waals surface area contributed by atoms with Gasteiger partial charge in [-0.2, -0.15) is 0 Å². The Hall–Kier alpha value is -1.26. The van der Waals surface area contributed by atoms with Crippen molar-refractivity contribution in [3.05, 3.63) is 23.8 Å². The number of aliphatic hydroxyl groups is 1. The zero-order chi connectivity index (χ0) is 15.0. The summed E-state index contributed by atoms with van der Waals surface area (Å²) in [7, 11) is 0. The zero-order valence-corrected chi connectivity index (χ0v) is 13.0. The average molecular weight is 281 g/mol. The molecule has 20 heavy (non-hydrogen) atoms. The molecule has 1 aromatic rings. The van der Waals surface area contributed by atoms with E-state index < -0.39 is 6.10 Å². The molecular weight excluding hydrogens is 254 g/mol. The zero-order valence-electron chi connectivity index (χ0n) is 13.0. The van der Waals surface area contributed by atoms with E-state index in [4.69, 9.17) is 9.47 Å². The van der Waals surface area contributed by atoms with Crippen LogP contribution in [-0.4, -0.2) is 30.9 Å². The second kappa shape index (κ2) is 8.82. The molecule has 1 rings (SSSR count). The molecule has 0 aliphatic heterocycles. The summed E-state index contributed by atoms with van der Waals surface area (Å²) in [4.78, 5) is 0. The van der Waals surface area contributed by atoms with Crippen LogP contribution in [0.15, 0.2) is 18.2 Å². The summed E-state index contributed by atoms with van der Waals surface area (Å²) in [6.07, 6.45) is 0.487. The first kappa shape index (κ1) is 16.8. The number of nitrogens with one attached hydrogen (secondary N) is 1. The summed E-state index contributed by atoms with van der Waals surface area (Å²) < 4.78 is 11.1. The van der Waals surface area contributed by atoms with E-state index in [1.54, 1.807) is 0 Å². The highest BCUT2D eigenvalue weighted by Crippen LogP contribution is 2.31. The van der Waals surface area contributed by atoms with Gasteiger partial charge in [-0.05, 0) is 51.4 Å². The molecule has 114 valence electrons. The summed E-state index contributed by atoms with van der Waals surface area (Å²) in [6.45, 7) is 10.0. The van der Waals surface area contributed by atoms with E-state index in [1.807, 2.05) is 39.0 Å². The van der Waals surface area contributed by atoms with Crippen molar-refractivity contribution in [2.45, 2.75) is 46.3 Å². The Kier molecular flexibility index (Phi) is 7.41. The number of hydrogen-bond acceptors (Lipinski definition) is 4. The minimum absolute atomic E-state index is 0.00219. The van der Waals surface area contributed by atoms with Gasteiger partial charge in [0.25, 0.3) is 0 Å². The predicted molar refractivity (Wildman–Crippen MR) is 81.5 cm³/mol. The van der Waals surface area contributed by atoms with Crippen molar-refractivity contribution in [2.75, 3.05) is 19.8 Å². The normalized spacial score (nSPS) is 13.8. The molecule has 0 heterocycles. The Bertz CT molecular complexity index is 395. The smallest absolute Gasteiger partial charge is 0.161 e. The van der Waals surface area contributed by atoms with Gasteiger partial charge in [0, 0.05) is 6.04 Å². The quantitative estimate of drug-likeness (QED) is 0.731. The first-order chi connectivity index (χ1) is 9.63. The average Bonchev–Trinajstić information content (AvgIpc) is 2.46. The van der Waals surface area contributed by atoms with Gasteiger partial charge in [0.2, 0.25) is 0 Å². The van der Waals surface area contributed by atoms with E-state index in [1.165, 1.54) is 0 Å². The third-order valence-corrected chi connectivity index (χ3v) is 3.10. The number of ether oxygens (including phenoxy) is 2. The molecule has 0 saturated carbocycles. The molecule has 0 aromatic heterocycles. The molecule has 4 heteroatoms. The summed E-state index contributed by atoms with van der Waals surface area (Å²) in [6, 6.07) is 5.62. The van der Waals surface area contributed by atoms with Crippen LogP contribution in [0.25, 0.3) is 0 Å². The molecule has 2 atom stereocenters. The summed E-state index contributed by atoms with van der Waals surface area (Å²) in [5, 5.41) is 13.7. The van der Waals surface area contributed by atoms with Crippen molar-refractivity contribution in [1.29, 1.82) is 0 Å². The van der Waals surface area contributed by atoms with E-state index in [2.05, 4.69) is 12.2 Å². The Morgan fingerprint density at radius 2 is 1.75 bits per heavy atom. The fourth-order valence-electron chi connectivity index (χ4n) is 2.02. The van der Waals surface area contributed by atoms with Crippen LogP contribution in [0.2, 0.25) is 0 Å². The highest BCUT2D eigenvalue weighted by atomic mass is 16.5. The van der Waals surface area contributed by atoms with Gasteiger partial charge in [-0.15, -0.1) is 0 Å². The van der Waals surface area contributed by atoms with Gasteiger partial charge in [-0.3, -0.25) is 0 Å². The maximum atomic E-state index is 10.4. The Balaban J connectivity index is 2.86. The van der Waals surface area contributed by atoms with Crippen LogP contribution in [0.1, 0.15) is 45.8 Å². The first-order valence-corrected chi connectivity index (χ1v) is 7.44. The molecule has 2 unspecified atom stereocenters. The second-order valence-corrected chi connectivity index (χ2v) is 4.76. The van der Waals surface area contributed by atoms with Crippen molar-refractivity contribution < 1.29 is 14.6 Å². The van der Waals surface area contributed by atoms with Gasteiger partial charge in [0.05, 0.1) is 19.3 Å².